The lowest BCUT2D eigenvalue weighted by molar-refractivity contribution is -0.138. The third-order valence-electron chi connectivity index (χ3n) is 5.26. The SMILES string of the molecule is CC.Cc1cccc(C(Cc2cc(-c3cccnc3)n(-c3ccc(Cl)cc3C)n2)C(=O)O)c1. The first-order chi connectivity index (χ1) is 15.9. The molecule has 0 amide bonds. The molecule has 2 heterocycles. The van der Waals surface area contributed by atoms with Crippen LogP contribution in [0.25, 0.3) is 16.9 Å². The van der Waals surface area contributed by atoms with Crippen molar-refractivity contribution in [2.45, 2.75) is 40.0 Å². The molecule has 2 aromatic carbocycles. The fraction of sp³-hybridized carbons (Fsp3) is 0.222. The number of aliphatic carboxylic acids is 1. The van der Waals surface area contributed by atoms with E-state index in [2.05, 4.69) is 4.98 Å². The van der Waals surface area contributed by atoms with E-state index >= 15 is 0 Å². The van der Waals surface area contributed by atoms with Gasteiger partial charge < -0.3 is 5.11 Å². The Kier molecular flexibility index (Phi) is 8.01. The molecule has 1 unspecified atom stereocenters. The van der Waals surface area contributed by atoms with Gasteiger partial charge in [0, 0.05) is 29.4 Å². The van der Waals surface area contributed by atoms with Crippen molar-refractivity contribution in [1.82, 2.24) is 14.8 Å². The lowest BCUT2D eigenvalue weighted by atomic mass is 9.93. The molecule has 0 radical (unpaired) electrons. The second-order valence-electron chi connectivity index (χ2n) is 7.61. The van der Waals surface area contributed by atoms with Gasteiger partial charge in [-0.15, -0.1) is 0 Å². The summed E-state index contributed by atoms with van der Waals surface area (Å²) in [7, 11) is 0. The number of carboxylic acid groups (broad SMARTS) is 1. The van der Waals surface area contributed by atoms with Crippen molar-refractivity contribution in [1.29, 1.82) is 0 Å². The van der Waals surface area contributed by atoms with Gasteiger partial charge in [0.2, 0.25) is 0 Å². The summed E-state index contributed by atoms with van der Waals surface area (Å²) >= 11 is 6.15. The highest BCUT2D eigenvalue weighted by atomic mass is 35.5. The first kappa shape index (κ1) is 24.2. The second-order valence-corrected chi connectivity index (χ2v) is 8.05. The monoisotopic (exact) mass is 461 g/mol. The average molecular weight is 462 g/mol. The number of carboxylic acids is 1. The van der Waals surface area contributed by atoms with E-state index in [0.717, 1.165) is 33.6 Å². The van der Waals surface area contributed by atoms with E-state index in [1.54, 1.807) is 12.4 Å². The summed E-state index contributed by atoms with van der Waals surface area (Å²) in [6.45, 7) is 7.93. The van der Waals surface area contributed by atoms with Gasteiger partial charge in [-0.25, -0.2) is 4.68 Å². The van der Waals surface area contributed by atoms with Crippen molar-refractivity contribution in [3.05, 3.63) is 100 Å². The van der Waals surface area contributed by atoms with Gasteiger partial charge in [0.1, 0.15) is 0 Å². The van der Waals surface area contributed by atoms with Crippen LogP contribution in [0, 0.1) is 13.8 Å². The smallest absolute Gasteiger partial charge is 0.311 e. The molecule has 4 rings (SSSR count). The van der Waals surface area contributed by atoms with E-state index in [9.17, 15) is 9.90 Å². The zero-order valence-electron chi connectivity index (χ0n) is 19.3. The number of aryl methyl sites for hydroxylation is 2. The van der Waals surface area contributed by atoms with Crippen LogP contribution in [0.4, 0.5) is 0 Å². The van der Waals surface area contributed by atoms with Gasteiger partial charge in [0.15, 0.2) is 0 Å². The predicted molar refractivity (Wildman–Crippen MR) is 133 cm³/mol. The van der Waals surface area contributed by atoms with E-state index in [-0.39, 0.29) is 6.42 Å². The fourth-order valence-corrected chi connectivity index (χ4v) is 3.96. The minimum atomic E-state index is -0.870. The van der Waals surface area contributed by atoms with E-state index in [0.29, 0.717) is 10.7 Å². The van der Waals surface area contributed by atoms with E-state index in [4.69, 9.17) is 16.7 Å². The van der Waals surface area contributed by atoms with Gasteiger partial charge in [-0.3, -0.25) is 9.78 Å². The minimum Gasteiger partial charge on any atom is -0.481 e. The van der Waals surface area contributed by atoms with Gasteiger partial charge in [0.25, 0.3) is 0 Å². The minimum absolute atomic E-state index is 0.283. The molecule has 33 heavy (non-hydrogen) atoms. The maximum atomic E-state index is 12.1. The number of pyridine rings is 1. The molecule has 0 saturated heterocycles. The molecule has 170 valence electrons. The summed E-state index contributed by atoms with van der Waals surface area (Å²) in [6, 6.07) is 19.0. The van der Waals surface area contributed by atoms with Crippen LogP contribution < -0.4 is 0 Å². The number of nitrogens with zero attached hydrogens (tertiary/aromatic N) is 3. The Hall–Kier alpha value is -3.44. The molecule has 0 saturated carbocycles. The number of aromatic nitrogens is 3. The molecule has 4 aromatic rings. The molecule has 1 atom stereocenters. The Bertz CT molecular complexity index is 1240. The molecule has 5 nitrogen and oxygen atoms in total. The Labute approximate surface area is 199 Å². The van der Waals surface area contributed by atoms with Crippen molar-refractivity contribution in [3.63, 3.8) is 0 Å². The Morgan fingerprint density at radius 2 is 1.85 bits per heavy atom. The summed E-state index contributed by atoms with van der Waals surface area (Å²) in [5.74, 6) is -1.55. The van der Waals surface area contributed by atoms with E-state index in [1.165, 1.54) is 0 Å². The summed E-state index contributed by atoms with van der Waals surface area (Å²) in [4.78, 5) is 16.3. The Morgan fingerprint density at radius 3 is 2.48 bits per heavy atom. The normalized spacial score (nSPS) is 11.4. The second kappa shape index (κ2) is 10.9. The van der Waals surface area contributed by atoms with Gasteiger partial charge >= 0.3 is 5.97 Å². The summed E-state index contributed by atoms with van der Waals surface area (Å²) in [6.07, 6.45) is 3.78. The van der Waals surface area contributed by atoms with Crippen LogP contribution in [0.1, 0.15) is 42.1 Å². The molecule has 0 spiro atoms. The van der Waals surface area contributed by atoms with Crippen LogP contribution in [-0.4, -0.2) is 25.8 Å². The van der Waals surface area contributed by atoms with Crippen molar-refractivity contribution in [3.8, 4) is 16.9 Å². The van der Waals surface area contributed by atoms with Crippen LogP contribution in [-0.2, 0) is 11.2 Å². The van der Waals surface area contributed by atoms with E-state index in [1.807, 2.05) is 93.0 Å². The Morgan fingerprint density at radius 1 is 1.06 bits per heavy atom. The Balaban J connectivity index is 0.00000149. The van der Waals surface area contributed by atoms with Crippen molar-refractivity contribution in [2.75, 3.05) is 0 Å². The average Bonchev–Trinajstić information content (AvgIpc) is 3.23. The van der Waals surface area contributed by atoms with Crippen molar-refractivity contribution in [2.24, 2.45) is 0 Å². The van der Waals surface area contributed by atoms with Crippen LogP contribution in [0.15, 0.2) is 73.1 Å². The molecule has 0 aliphatic heterocycles. The molecule has 0 aliphatic carbocycles. The first-order valence-corrected chi connectivity index (χ1v) is 11.4. The number of halogens is 1. The lowest BCUT2D eigenvalue weighted by Gasteiger charge is -2.12. The third-order valence-corrected chi connectivity index (χ3v) is 5.50. The molecule has 6 heteroatoms. The largest absolute Gasteiger partial charge is 0.481 e. The van der Waals surface area contributed by atoms with Gasteiger partial charge in [-0.1, -0.05) is 55.3 Å². The zero-order chi connectivity index (χ0) is 24.0. The molecule has 0 bridgehead atoms. The molecule has 2 aromatic heterocycles. The van der Waals surface area contributed by atoms with Gasteiger partial charge in [-0.2, -0.15) is 5.10 Å². The van der Waals surface area contributed by atoms with Gasteiger partial charge in [0.05, 0.1) is 23.0 Å². The topological polar surface area (TPSA) is 68.0 Å². The number of hydrogen-bond acceptors (Lipinski definition) is 3. The lowest BCUT2D eigenvalue weighted by Crippen LogP contribution is -2.15. The predicted octanol–water partition coefficient (Wildman–Crippen LogP) is 6.64. The van der Waals surface area contributed by atoms with Crippen LogP contribution in [0.5, 0.6) is 0 Å². The molecular formula is C27H28ClN3O2. The third kappa shape index (κ3) is 5.68. The first-order valence-electron chi connectivity index (χ1n) is 11.0. The number of carbonyl (C=O) groups is 1. The maximum Gasteiger partial charge on any atom is 0.311 e. The van der Waals surface area contributed by atoms with Crippen molar-refractivity contribution >= 4 is 17.6 Å². The van der Waals surface area contributed by atoms with Crippen LogP contribution in [0.2, 0.25) is 5.02 Å². The molecular weight excluding hydrogens is 434 g/mol. The van der Waals surface area contributed by atoms with Gasteiger partial charge in [-0.05, 0) is 61.4 Å². The number of rotatable bonds is 6. The fourth-order valence-electron chi connectivity index (χ4n) is 3.73. The number of benzene rings is 2. The molecule has 0 aliphatic rings. The van der Waals surface area contributed by atoms with Crippen LogP contribution >= 0.6 is 11.6 Å². The molecule has 0 fully saturated rings. The highest BCUT2D eigenvalue weighted by molar-refractivity contribution is 6.30. The zero-order valence-corrected chi connectivity index (χ0v) is 20.0. The number of hydrogen-bond donors (Lipinski definition) is 1. The summed E-state index contributed by atoms with van der Waals surface area (Å²) < 4.78 is 1.84. The summed E-state index contributed by atoms with van der Waals surface area (Å²) in [5, 5.41) is 15.4. The quantitative estimate of drug-likeness (QED) is 0.349. The summed E-state index contributed by atoms with van der Waals surface area (Å²) in [5.41, 5.74) is 6.11. The van der Waals surface area contributed by atoms with E-state index < -0.39 is 11.9 Å². The van der Waals surface area contributed by atoms with Crippen molar-refractivity contribution < 1.29 is 9.90 Å². The van der Waals surface area contributed by atoms with Crippen LogP contribution in [0.3, 0.4) is 0 Å². The molecule has 1 N–H and O–H groups in total. The standard InChI is InChI=1S/C25H22ClN3O2.C2H6/c1-16-5-3-6-18(11-16)22(25(30)31)13-21-14-24(19-7-4-10-27-15-19)29(28-21)23-9-8-20(26)12-17(23)2;1-2/h3-12,14-15,22H,13H2,1-2H3,(H,30,31);1-2H3. The highest BCUT2D eigenvalue weighted by Gasteiger charge is 2.23. The highest BCUT2D eigenvalue weighted by Crippen LogP contribution is 2.29. The maximum absolute atomic E-state index is 12.1.